The average Bonchev–Trinajstić information content (AvgIpc) is 2.62. The topological polar surface area (TPSA) is 42.0 Å². The van der Waals surface area contributed by atoms with Gasteiger partial charge < -0.3 is 5.32 Å². The largest absolute Gasteiger partial charge is 0.348 e. The molecule has 1 amide bonds. The Bertz CT molecular complexity index is 848. The Morgan fingerprint density at radius 2 is 1.71 bits per heavy atom. The molecule has 0 aliphatic carbocycles. The molecule has 0 radical (unpaired) electrons. The molecule has 2 aromatic carbocycles. The third-order valence-electron chi connectivity index (χ3n) is 3.54. The van der Waals surface area contributed by atoms with Crippen LogP contribution in [0.25, 0.3) is 11.1 Å². The van der Waals surface area contributed by atoms with Crippen molar-refractivity contribution < 1.29 is 9.18 Å². The Balaban J connectivity index is 1.72. The number of benzene rings is 2. The van der Waals surface area contributed by atoms with Crippen LogP contribution in [0.3, 0.4) is 0 Å². The van der Waals surface area contributed by atoms with Crippen molar-refractivity contribution in [3.63, 3.8) is 0 Å². The van der Waals surface area contributed by atoms with Gasteiger partial charge in [-0.2, -0.15) is 0 Å². The van der Waals surface area contributed by atoms with Gasteiger partial charge in [-0.05, 0) is 41.5 Å². The molecule has 0 saturated heterocycles. The summed E-state index contributed by atoms with van der Waals surface area (Å²) < 4.78 is 14.0. The smallest absolute Gasteiger partial charge is 0.253 e. The zero-order valence-corrected chi connectivity index (χ0v) is 14.3. The summed E-state index contributed by atoms with van der Waals surface area (Å²) in [6, 6.07) is 15.6. The molecule has 5 heteroatoms. The second-order valence-corrected chi connectivity index (χ2v) is 6.19. The van der Waals surface area contributed by atoms with E-state index in [2.05, 4.69) is 26.2 Å². The molecule has 0 fully saturated rings. The summed E-state index contributed by atoms with van der Waals surface area (Å²) >= 11 is 3.38. The van der Waals surface area contributed by atoms with E-state index >= 15 is 0 Å². The van der Waals surface area contributed by atoms with Crippen molar-refractivity contribution in [2.75, 3.05) is 0 Å². The predicted octanol–water partition coefficient (Wildman–Crippen LogP) is 4.58. The van der Waals surface area contributed by atoms with Gasteiger partial charge in [0.05, 0.1) is 5.56 Å². The highest BCUT2D eigenvalue weighted by atomic mass is 79.9. The van der Waals surface area contributed by atoms with E-state index in [-0.39, 0.29) is 11.7 Å². The van der Waals surface area contributed by atoms with Gasteiger partial charge in [0.15, 0.2) is 0 Å². The summed E-state index contributed by atoms with van der Waals surface area (Å²) in [5.41, 5.74) is 3.06. The molecule has 0 aliphatic rings. The van der Waals surface area contributed by atoms with E-state index in [1.807, 2.05) is 24.3 Å². The molecule has 0 bridgehead atoms. The zero-order valence-electron chi connectivity index (χ0n) is 12.7. The number of halogens is 2. The van der Waals surface area contributed by atoms with Crippen LogP contribution in [0.4, 0.5) is 4.39 Å². The molecule has 0 saturated carbocycles. The lowest BCUT2D eigenvalue weighted by atomic mass is 10.1. The molecule has 0 unspecified atom stereocenters. The number of amides is 1. The van der Waals surface area contributed by atoms with Crippen molar-refractivity contribution in [1.29, 1.82) is 0 Å². The molecule has 0 atom stereocenters. The molecule has 3 aromatic rings. The van der Waals surface area contributed by atoms with Gasteiger partial charge in [0.1, 0.15) is 5.82 Å². The van der Waals surface area contributed by atoms with Gasteiger partial charge in [0, 0.05) is 29.0 Å². The number of nitrogens with zero attached hydrogens (tertiary/aromatic N) is 1. The highest BCUT2D eigenvalue weighted by Crippen LogP contribution is 2.19. The van der Waals surface area contributed by atoms with Gasteiger partial charge in [-0.1, -0.05) is 40.2 Å². The van der Waals surface area contributed by atoms with Crippen molar-refractivity contribution in [3.05, 3.63) is 88.4 Å². The monoisotopic (exact) mass is 384 g/mol. The highest BCUT2D eigenvalue weighted by molar-refractivity contribution is 9.10. The van der Waals surface area contributed by atoms with Gasteiger partial charge in [-0.25, -0.2) is 4.39 Å². The number of carbonyl (C=O) groups is 1. The first-order valence-corrected chi connectivity index (χ1v) is 8.15. The summed E-state index contributed by atoms with van der Waals surface area (Å²) in [4.78, 5) is 16.4. The second kappa shape index (κ2) is 7.36. The van der Waals surface area contributed by atoms with Gasteiger partial charge in [-0.15, -0.1) is 0 Å². The van der Waals surface area contributed by atoms with Gasteiger partial charge in [0.2, 0.25) is 0 Å². The number of carbonyl (C=O) groups excluding carboxylic acids is 1. The molecule has 3 nitrogen and oxygen atoms in total. The highest BCUT2D eigenvalue weighted by Gasteiger charge is 2.08. The predicted molar refractivity (Wildman–Crippen MR) is 94.9 cm³/mol. The van der Waals surface area contributed by atoms with Crippen LogP contribution < -0.4 is 5.32 Å². The Morgan fingerprint density at radius 3 is 2.42 bits per heavy atom. The van der Waals surface area contributed by atoms with Crippen LogP contribution in [0, 0.1) is 5.82 Å². The van der Waals surface area contributed by atoms with E-state index in [4.69, 9.17) is 0 Å². The SMILES string of the molecule is O=C(NCc1ccc(Br)cc1)c1cncc(-c2ccc(F)cc2)c1. The van der Waals surface area contributed by atoms with Crippen LogP contribution in [0.1, 0.15) is 15.9 Å². The maximum atomic E-state index is 13.0. The first kappa shape index (κ1) is 16.3. The molecule has 1 heterocycles. The summed E-state index contributed by atoms with van der Waals surface area (Å²) in [6.07, 6.45) is 3.17. The number of pyridine rings is 1. The van der Waals surface area contributed by atoms with Crippen molar-refractivity contribution in [2.45, 2.75) is 6.54 Å². The second-order valence-electron chi connectivity index (χ2n) is 5.28. The average molecular weight is 385 g/mol. The van der Waals surface area contributed by atoms with Crippen molar-refractivity contribution >= 4 is 21.8 Å². The maximum absolute atomic E-state index is 13.0. The summed E-state index contributed by atoms with van der Waals surface area (Å²) in [6.45, 7) is 0.437. The number of rotatable bonds is 4. The van der Waals surface area contributed by atoms with Crippen molar-refractivity contribution in [3.8, 4) is 11.1 Å². The summed E-state index contributed by atoms with van der Waals surface area (Å²) in [7, 11) is 0. The van der Waals surface area contributed by atoms with Crippen LogP contribution in [0.2, 0.25) is 0 Å². The third-order valence-corrected chi connectivity index (χ3v) is 4.07. The number of aromatic nitrogens is 1. The molecular weight excluding hydrogens is 371 g/mol. The van der Waals surface area contributed by atoms with Crippen LogP contribution >= 0.6 is 15.9 Å². The quantitative estimate of drug-likeness (QED) is 0.715. The molecule has 0 spiro atoms. The lowest BCUT2D eigenvalue weighted by Crippen LogP contribution is -2.22. The Kier molecular flexibility index (Phi) is 5.01. The summed E-state index contributed by atoms with van der Waals surface area (Å²) in [5.74, 6) is -0.496. The molecule has 3 rings (SSSR count). The third kappa shape index (κ3) is 4.06. The molecule has 120 valence electrons. The van der Waals surface area contributed by atoms with E-state index in [1.54, 1.807) is 24.4 Å². The van der Waals surface area contributed by atoms with E-state index in [9.17, 15) is 9.18 Å². The molecule has 1 aromatic heterocycles. The molecular formula is C19H14BrFN2O. The van der Waals surface area contributed by atoms with Gasteiger partial charge >= 0.3 is 0 Å². The van der Waals surface area contributed by atoms with Crippen molar-refractivity contribution in [1.82, 2.24) is 10.3 Å². The zero-order chi connectivity index (χ0) is 16.9. The van der Waals surface area contributed by atoms with E-state index < -0.39 is 0 Å². The fraction of sp³-hybridized carbons (Fsp3) is 0.0526. The fourth-order valence-electron chi connectivity index (χ4n) is 2.25. The van der Waals surface area contributed by atoms with Crippen LogP contribution in [0.15, 0.2) is 71.5 Å². The van der Waals surface area contributed by atoms with Gasteiger partial charge in [0.25, 0.3) is 5.91 Å². The summed E-state index contributed by atoms with van der Waals surface area (Å²) in [5, 5.41) is 2.87. The normalized spacial score (nSPS) is 10.4. The minimum absolute atomic E-state index is 0.200. The Hall–Kier alpha value is -2.53. The first-order chi connectivity index (χ1) is 11.6. The maximum Gasteiger partial charge on any atom is 0.253 e. The minimum atomic E-state index is -0.296. The lowest BCUT2D eigenvalue weighted by Gasteiger charge is -2.07. The van der Waals surface area contributed by atoms with E-state index in [0.717, 1.165) is 21.2 Å². The van der Waals surface area contributed by atoms with Gasteiger partial charge in [-0.3, -0.25) is 9.78 Å². The molecule has 0 aliphatic heterocycles. The first-order valence-electron chi connectivity index (χ1n) is 7.35. The minimum Gasteiger partial charge on any atom is -0.348 e. The van der Waals surface area contributed by atoms with Crippen molar-refractivity contribution in [2.24, 2.45) is 0 Å². The number of hydrogen-bond acceptors (Lipinski definition) is 2. The van der Waals surface area contributed by atoms with Crippen LogP contribution in [0.5, 0.6) is 0 Å². The molecule has 1 N–H and O–H groups in total. The fourth-order valence-corrected chi connectivity index (χ4v) is 2.52. The Labute approximate surface area is 147 Å². The lowest BCUT2D eigenvalue weighted by molar-refractivity contribution is 0.0950. The van der Waals surface area contributed by atoms with E-state index in [1.165, 1.54) is 18.3 Å². The number of nitrogens with one attached hydrogen (secondary N) is 1. The number of hydrogen-bond donors (Lipinski definition) is 1. The Morgan fingerprint density at radius 1 is 1.00 bits per heavy atom. The van der Waals surface area contributed by atoms with Crippen LogP contribution in [-0.2, 0) is 6.54 Å². The van der Waals surface area contributed by atoms with Crippen LogP contribution in [-0.4, -0.2) is 10.9 Å². The molecule has 24 heavy (non-hydrogen) atoms. The standard InChI is InChI=1S/C19H14BrFN2O/c20-17-5-1-13(2-6-17)10-23-19(24)16-9-15(11-22-12-16)14-3-7-18(21)8-4-14/h1-9,11-12H,10H2,(H,23,24). The van der Waals surface area contributed by atoms with E-state index in [0.29, 0.717) is 12.1 Å².